The van der Waals surface area contributed by atoms with Crippen LogP contribution in [0.1, 0.15) is 17.2 Å². The Morgan fingerprint density at radius 2 is 1.88 bits per heavy atom. The molecule has 2 atom stereocenters. The number of nitrogens with zero attached hydrogens (tertiary/aromatic N) is 3. The summed E-state index contributed by atoms with van der Waals surface area (Å²) in [6, 6.07) is 14.2. The lowest BCUT2D eigenvalue weighted by Gasteiger charge is -2.31. The molecule has 26 heavy (non-hydrogen) atoms. The normalized spacial score (nSPS) is 22.1. The molecule has 1 aliphatic heterocycles. The highest BCUT2D eigenvalue weighted by atomic mass is 35.5. The van der Waals surface area contributed by atoms with Crippen LogP contribution in [-0.2, 0) is 21.6 Å². The highest BCUT2D eigenvalue weighted by Gasteiger charge is 2.54. The molecule has 0 radical (unpaired) electrons. The van der Waals surface area contributed by atoms with E-state index in [2.05, 4.69) is 10.1 Å². The Hall–Kier alpha value is -2.57. The highest BCUT2D eigenvalue weighted by Crippen LogP contribution is 2.48. The maximum Gasteiger partial charge on any atom is 0.510 e. The first-order chi connectivity index (χ1) is 12.6. The van der Waals surface area contributed by atoms with Gasteiger partial charge in [-0.2, -0.15) is 5.10 Å². The van der Waals surface area contributed by atoms with Crippen LogP contribution in [0.25, 0.3) is 0 Å². The summed E-state index contributed by atoms with van der Waals surface area (Å²) < 4.78 is 12.8. The summed E-state index contributed by atoms with van der Waals surface area (Å²) in [5, 5.41) is 5.20. The van der Waals surface area contributed by atoms with Crippen molar-refractivity contribution in [3.8, 4) is 0 Å². The van der Waals surface area contributed by atoms with Crippen LogP contribution in [0.3, 0.4) is 0 Å². The molecule has 0 spiro atoms. The van der Waals surface area contributed by atoms with E-state index in [-0.39, 0.29) is 6.54 Å². The summed E-state index contributed by atoms with van der Waals surface area (Å²) in [6.07, 6.45) is 1.47. The van der Waals surface area contributed by atoms with Crippen LogP contribution in [0, 0.1) is 0 Å². The van der Waals surface area contributed by atoms with E-state index < -0.39 is 17.9 Å². The zero-order chi connectivity index (χ0) is 18.1. The van der Waals surface area contributed by atoms with Crippen LogP contribution in [0.15, 0.2) is 61.2 Å². The van der Waals surface area contributed by atoms with Crippen molar-refractivity contribution in [2.45, 2.75) is 18.2 Å². The van der Waals surface area contributed by atoms with Gasteiger partial charge < -0.3 is 9.47 Å². The summed E-state index contributed by atoms with van der Waals surface area (Å²) in [4.78, 5) is 16.1. The van der Waals surface area contributed by atoms with Crippen molar-refractivity contribution < 1.29 is 14.3 Å². The van der Waals surface area contributed by atoms with Gasteiger partial charge in [-0.15, -0.1) is 0 Å². The number of benzene rings is 2. The van der Waals surface area contributed by atoms with Crippen LogP contribution in [0.2, 0.25) is 10.0 Å². The SMILES string of the molecule is O=C1OC(c2cccc(Cl)c2)C(Cn2cncn2)(c2cccc(Cl)c2)O1. The van der Waals surface area contributed by atoms with Gasteiger partial charge in [0.25, 0.3) is 0 Å². The fourth-order valence-electron chi connectivity index (χ4n) is 3.15. The second-order valence-corrected chi connectivity index (χ2v) is 6.77. The summed E-state index contributed by atoms with van der Waals surface area (Å²) in [5.41, 5.74) is 0.236. The Kier molecular flexibility index (Phi) is 4.30. The molecule has 1 aromatic heterocycles. The standard InChI is InChI=1S/C18H13Cl2N3O3/c19-14-5-1-3-12(7-14)16-18(26-17(24)25-16,9-23-11-21-10-22-23)13-4-2-6-15(20)8-13/h1-8,10-11,16H,9H2. The minimum absolute atomic E-state index is 0.205. The second-order valence-electron chi connectivity index (χ2n) is 5.90. The number of ether oxygens (including phenoxy) is 2. The first kappa shape index (κ1) is 16.9. The van der Waals surface area contributed by atoms with Gasteiger partial charge in [0.2, 0.25) is 5.60 Å². The molecule has 0 aliphatic carbocycles. The number of carbonyl (C=O) groups is 1. The summed E-state index contributed by atoms with van der Waals surface area (Å²) in [7, 11) is 0. The van der Waals surface area contributed by atoms with Crippen molar-refractivity contribution >= 4 is 29.4 Å². The zero-order valence-electron chi connectivity index (χ0n) is 13.4. The average molecular weight is 390 g/mol. The number of cyclic esters (lactones) is 2. The quantitative estimate of drug-likeness (QED) is 0.619. The molecule has 3 aromatic rings. The molecule has 1 fully saturated rings. The van der Waals surface area contributed by atoms with Crippen molar-refractivity contribution in [3.63, 3.8) is 0 Å². The van der Waals surface area contributed by atoms with Crippen molar-refractivity contribution in [2.24, 2.45) is 0 Å². The fourth-order valence-corrected chi connectivity index (χ4v) is 3.54. The van der Waals surface area contributed by atoms with Crippen LogP contribution < -0.4 is 0 Å². The van der Waals surface area contributed by atoms with Gasteiger partial charge in [0.05, 0.1) is 6.54 Å². The van der Waals surface area contributed by atoms with Gasteiger partial charge in [-0.1, -0.05) is 47.5 Å². The third-order valence-electron chi connectivity index (χ3n) is 4.23. The minimum Gasteiger partial charge on any atom is -0.421 e. The molecule has 2 heterocycles. The van der Waals surface area contributed by atoms with E-state index in [1.807, 2.05) is 12.1 Å². The highest BCUT2D eigenvalue weighted by molar-refractivity contribution is 6.30. The Bertz CT molecular complexity index is 948. The largest absolute Gasteiger partial charge is 0.510 e. The van der Waals surface area contributed by atoms with Crippen LogP contribution in [-0.4, -0.2) is 20.9 Å². The molecule has 0 bridgehead atoms. The third kappa shape index (κ3) is 3.02. The smallest absolute Gasteiger partial charge is 0.421 e. The number of carbonyl (C=O) groups excluding carboxylic acids is 1. The topological polar surface area (TPSA) is 66.2 Å². The van der Waals surface area contributed by atoms with Crippen LogP contribution in [0.4, 0.5) is 4.79 Å². The Morgan fingerprint density at radius 3 is 2.58 bits per heavy atom. The number of aromatic nitrogens is 3. The predicted octanol–water partition coefficient (Wildman–Crippen LogP) is 4.39. The number of hydrogen-bond acceptors (Lipinski definition) is 5. The first-order valence-corrected chi connectivity index (χ1v) is 8.56. The second kappa shape index (κ2) is 6.63. The number of halogens is 2. The van der Waals surface area contributed by atoms with Crippen LogP contribution in [0.5, 0.6) is 0 Å². The average Bonchev–Trinajstić information content (AvgIpc) is 3.23. The Balaban J connectivity index is 1.88. The third-order valence-corrected chi connectivity index (χ3v) is 4.70. The molecule has 1 saturated heterocycles. The van der Waals surface area contributed by atoms with E-state index in [4.69, 9.17) is 32.7 Å². The molecule has 1 aliphatic rings. The number of rotatable bonds is 4. The summed E-state index contributed by atoms with van der Waals surface area (Å²) >= 11 is 12.3. The van der Waals surface area contributed by atoms with E-state index in [1.165, 1.54) is 6.33 Å². The zero-order valence-corrected chi connectivity index (χ0v) is 14.9. The molecule has 0 N–H and O–H groups in total. The Morgan fingerprint density at radius 1 is 1.12 bits per heavy atom. The van der Waals surface area contributed by atoms with Crippen molar-refractivity contribution in [2.75, 3.05) is 0 Å². The molecule has 8 heteroatoms. The molecule has 132 valence electrons. The lowest BCUT2D eigenvalue weighted by molar-refractivity contribution is 0.00355. The van der Waals surface area contributed by atoms with Crippen LogP contribution >= 0.6 is 23.2 Å². The van der Waals surface area contributed by atoms with Gasteiger partial charge in [-0.05, 0) is 29.8 Å². The summed E-state index contributed by atoms with van der Waals surface area (Å²) in [6.45, 7) is 0.205. The fraction of sp³-hybridized carbons (Fsp3) is 0.167. The maximum absolute atomic E-state index is 12.2. The molecular weight excluding hydrogens is 377 g/mol. The molecule has 0 amide bonds. The van der Waals surface area contributed by atoms with Gasteiger partial charge in [-0.3, -0.25) is 0 Å². The lowest BCUT2D eigenvalue weighted by atomic mass is 9.84. The Labute approximate surface area is 159 Å². The van der Waals surface area contributed by atoms with E-state index in [0.717, 1.165) is 0 Å². The minimum atomic E-state index is -1.17. The van der Waals surface area contributed by atoms with E-state index in [0.29, 0.717) is 21.2 Å². The number of hydrogen-bond donors (Lipinski definition) is 0. The monoisotopic (exact) mass is 389 g/mol. The van der Waals surface area contributed by atoms with E-state index in [9.17, 15) is 4.79 Å². The summed E-state index contributed by atoms with van der Waals surface area (Å²) in [5.74, 6) is 0. The molecule has 0 saturated carbocycles. The first-order valence-electron chi connectivity index (χ1n) is 7.80. The van der Waals surface area contributed by atoms with Crippen molar-refractivity contribution in [1.29, 1.82) is 0 Å². The molecule has 6 nitrogen and oxygen atoms in total. The molecule has 2 unspecified atom stereocenters. The van der Waals surface area contributed by atoms with Gasteiger partial charge >= 0.3 is 6.16 Å². The molecule has 2 aromatic carbocycles. The predicted molar refractivity (Wildman–Crippen MR) is 94.9 cm³/mol. The van der Waals surface area contributed by atoms with Gasteiger partial charge in [0.1, 0.15) is 12.7 Å². The van der Waals surface area contributed by atoms with E-state index in [1.54, 1.807) is 47.4 Å². The maximum atomic E-state index is 12.2. The van der Waals surface area contributed by atoms with Crippen molar-refractivity contribution in [3.05, 3.63) is 82.4 Å². The lowest BCUT2D eigenvalue weighted by Crippen LogP contribution is -2.37. The van der Waals surface area contributed by atoms with E-state index >= 15 is 0 Å². The van der Waals surface area contributed by atoms with Gasteiger partial charge in [-0.25, -0.2) is 14.5 Å². The molecular formula is C18H13Cl2N3O3. The van der Waals surface area contributed by atoms with Crippen molar-refractivity contribution in [1.82, 2.24) is 14.8 Å². The van der Waals surface area contributed by atoms with Gasteiger partial charge in [0, 0.05) is 15.6 Å². The molecule has 4 rings (SSSR count). The van der Waals surface area contributed by atoms with Gasteiger partial charge in [0.15, 0.2) is 6.10 Å².